The summed E-state index contributed by atoms with van der Waals surface area (Å²) in [6.07, 6.45) is 1.67. The summed E-state index contributed by atoms with van der Waals surface area (Å²) in [4.78, 5) is 15.0. The molecule has 0 radical (unpaired) electrons. The van der Waals surface area contributed by atoms with Crippen LogP contribution in [-0.4, -0.2) is 25.8 Å². The van der Waals surface area contributed by atoms with Crippen LogP contribution in [0.4, 0.5) is 5.69 Å². The van der Waals surface area contributed by atoms with Gasteiger partial charge in [0.1, 0.15) is 4.90 Å². The predicted octanol–water partition coefficient (Wildman–Crippen LogP) is 6.68. The van der Waals surface area contributed by atoms with Crippen molar-refractivity contribution in [2.24, 2.45) is 0 Å². The number of thioether (sulfide) groups is 1. The SMILES string of the molecule is COc1cc(/C=C2/SC(=S)N(c3ccc(Cl)cc3)C2=O)ccc1OS(=O)(=O)c1cccc2ccccc12. The summed E-state index contributed by atoms with van der Waals surface area (Å²) in [5, 5.41) is 1.90. The molecular formula is C27H18ClNO5S3. The Kier molecular flexibility index (Phi) is 6.96. The summed E-state index contributed by atoms with van der Waals surface area (Å²) in [6.45, 7) is 0. The number of hydrogen-bond donors (Lipinski definition) is 0. The Morgan fingerprint density at radius 3 is 2.43 bits per heavy atom. The van der Waals surface area contributed by atoms with Crippen LogP contribution in [0.15, 0.2) is 94.7 Å². The highest BCUT2D eigenvalue weighted by Crippen LogP contribution is 2.38. The predicted molar refractivity (Wildman–Crippen MR) is 152 cm³/mol. The van der Waals surface area contributed by atoms with Crippen molar-refractivity contribution in [3.63, 3.8) is 0 Å². The molecule has 10 heteroatoms. The number of fused-ring (bicyclic) bond motifs is 1. The van der Waals surface area contributed by atoms with E-state index < -0.39 is 10.1 Å². The fraction of sp³-hybridized carbons (Fsp3) is 0.0370. The Balaban J connectivity index is 1.43. The van der Waals surface area contributed by atoms with E-state index in [4.69, 9.17) is 32.7 Å². The maximum atomic E-state index is 13.2. The number of amides is 1. The van der Waals surface area contributed by atoms with Crippen LogP contribution in [0.3, 0.4) is 0 Å². The lowest BCUT2D eigenvalue weighted by Crippen LogP contribution is -2.27. The largest absolute Gasteiger partial charge is 0.493 e. The lowest BCUT2D eigenvalue weighted by molar-refractivity contribution is -0.113. The fourth-order valence-corrected chi connectivity index (χ4v) is 6.44. The maximum Gasteiger partial charge on any atom is 0.339 e. The van der Waals surface area contributed by atoms with Gasteiger partial charge in [-0.1, -0.05) is 78.0 Å². The van der Waals surface area contributed by atoms with E-state index in [0.717, 1.165) is 5.39 Å². The van der Waals surface area contributed by atoms with Gasteiger partial charge < -0.3 is 8.92 Å². The second kappa shape index (κ2) is 10.2. The highest BCUT2D eigenvalue weighted by Gasteiger charge is 2.33. The normalized spacial score (nSPS) is 15.0. The van der Waals surface area contributed by atoms with Crippen molar-refractivity contribution in [2.45, 2.75) is 4.90 Å². The molecule has 5 rings (SSSR count). The van der Waals surface area contributed by atoms with E-state index in [2.05, 4.69) is 0 Å². The van der Waals surface area contributed by atoms with Gasteiger partial charge in [-0.15, -0.1) is 0 Å². The van der Waals surface area contributed by atoms with Crippen molar-refractivity contribution < 1.29 is 22.1 Å². The van der Waals surface area contributed by atoms with Crippen molar-refractivity contribution in [1.29, 1.82) is 0 Å². The van der Waals surface area contributed by atoms with Gasteiger partial charge in [0.25, 0.3) is 5.91 Å². The molecule has 0 spiro atoms. The van der Waals surface area contributed by atoms with Gasteiger partial charge in [-0.25, -0.2) is 0 Å². The van der Waals surface area contributed by atoms with Crippen LogP contribution < -0.4 is 13.8 Å². The molecule has 0 N–H and O–H groups in total. The van der Waals surface area contributed by atoms with E-state index in [0.29, 0.717) is 30.9 Å². The zero-order chi connectivity index (χ0) is 26.2. The average Bonchev–Trinajstić information content (AvgIpc) is 3.17. The highest BCUT2D eigenvalue weighted by atomic mass is 35.5. The second-order valence-corrected chi connectivity index (χ2v) is 11.5. The number of halogens is 1. The zero-order valence-corrected chi connectivity index (χ0v) is 22.5. The number of rotatable bonds is 6. The van der Waals surface area contributed by atoms with Crippen LogP contribution in [0.5, 0.6) is 11.5 Å². The summed E-state index contributed by atoms with van der Waals surface area (Å²) in [5.74, 6) is -0.0396. The molecule has 0 aliphatic carbocycles. The van der Waals surface area contributed by atoms with Crippen molar-refractivity contribution in [3.05, 3.63) is 100 Å². The van der Waals surface area contributed by atoms with E-state index in [1.165, 1.54) is 35.9 Å². The molecule has 37 heavy (non-hydrogen) atoms. The zero-order valence-electron chi connectivity index (χ0n) is 19.3. The molecule has 1 amide bonds. The molecular weight excluding hydrogens is 550 g/mol. The van der Waals surface area contributed by atoms with E-state index >= 15 is 0 Å². The molecule has 1 aliphatic rings. The first-order valence-corrected chi connectivity index (χ1v) is 13.9. The van der Waals surface area contributed by atoms with Gasteiger partial charge in [0.2, 0.25) is 0 Å². The molecule has 4 aromatic rings. The third-order valence-corrected chi connectivity index (χ3v) is 8.43. The number of anilines is 1. The summed E-state index contributed by atoms with van der Waals surface area (Å²) >= 11 is 12.5. The van der Waals surface area contributed by atoms with Crippen molar-refractivity contribution >= 4 is 78.5 Å². The molecule has 0 bridgehead atoms. The maximum absolute atomic E-state index is 13.2. The lowest BCUT2D eigenvalue weighted by atomic mass is 10.1. The fourth-order valence-electron chi connectivity index (χ4n) is 3.85. The van der Waals surface area contributed by atoms with Crippen LogP contribution in [-0.2, 0) is 14.9 Å². The minimum Gasteiger partial charge on any atom is -0.493 e. The monoisotopic (exact) mass is 567 g/mol. The summed E-state index contributed by atoms with van der Waals surface area (Å²) in [5.41, 5.74) is 1.23. The molecule has 0 saturated carbocycles. The van der Waals surface area contributed by atoms with Crippen molar-refractivity contribution in [1.82, 2.24) is 0 Å². The summed E-state index contributed by atoms with van der Waals surface area (Å²) in [7, 11) is -2.74. The van der Waals surface area contributed by atoms with Crippen molar-refractivity contribution in [2.75, 3.05) is 12.0 Å². The van der Waals surface area contributed by atoms with Gasteiger partial charge in [-0.05, 0) is 59.5 Å². The number of carbonyl (C=O) groups is 1. The van der Waals surface area contributed by atoms with Crippen LogP contribution in [0, 0.1) is 0 Å². The topological polar surface area (TPSA) is 72.9 Å². The van der Waals surface area contributed by atoms with Crippen LogP contribution in [0.25, 0.3) is 16.8 Å². The van der Waals surface area contributed by atoms with Crippen molar-refractivity contribution in [3.8, 4) is 11.5 Å². The van der Waals surface area contributed by atoms with Crippen LogP contribution >= 0.6 is 35.6 Å². The minimum absolute atomic E-state index is 0.0290. The quantitative estimate of drug-likeness (QED) is 0.146. The van der Waals surface area contributed by atoms with Gasteiger partial charge >= 0.3 is 10.1 Å². The smallest absolute Gasteiger partial charge is 0.339 e. The summed E-state index contributed by atoms with van der Waals surface area (Å²) < 4.78 is 37.6. The molecule has 1 aliphatic heterocycles. The number of nitrogens with zero attached hydrogens (tertiary/aromatic N) is 1. The lowest BCUT2D eigenvalue weighted by Gasteiger charge is -2.14. The van der Waals surface area contributed by atoms with E-state index in [1.807, 2.05) is 18.2 Å². The first kappa shape index (κ1) is 25.3. The average molecular weight is 568 g/mol. The number of carbonyl (C=O) groups excluding carboxylic acids is 1. The molecule has 6 nitrogen and oxygen atoms in total. The Morgan fingerprint density at radius 2 is 1.68 bits per heavy atom. The van der Waals surface area contributed by atoms with Crippen LogP contribution in [0.1, 0.15) is 5.56 Å². The van der Waals surface area contributed by atoms with Crippen LogP contribution in [0.2, 0.25) is 5.02 Å². The number of thiocarbonyl (C=S) groups is 1. The Bertz CT molecular complexity index is 1680. The molecule has 1 heterocycles. The number of ether oxygens (including phenoxy) is 1. The molecule has 1 fully saturated rings. The Morgan fingerprint density at radius 1 is 0.946 bits per heavy atom. The molecule has 4 aromatic carbocycles. The highest BCUT2D eigenvalue weighted by molar-refractivity contribution is 8.27. The van der Waals surface area contributed by atoms with Gasteiger partial charge in [0.05, 0.1) is 17.7 Å². The van der Waals surface area contributed by atoms with Gasteiger partial charge in [-0.2, -0.15) is 8.42 Å². The van der Waals surface area contributed by atoms with Gasteiger partial charge in [0.15, 0.2) is 15.8 Å². The van der Waals surface area contributed by atoms with E-state index in [9.17, 15) is 13.2 Å². The first-order chi connectivity index (χ1) is 17.8. The third-order valence-electron chi connectivity index (χ3n) is 5.58. The molecule has 0 atom stereocenters. The number of benzene rings is 4. The first-order valence-electron chi connectivity index (χ1n) is 10.9. The molecule has 1 saturated heterocycles. The minimum atomic E-state index is -4.15. The molecule has 0 aromatic heterocycles. The van der Waals surface area contributed by atoms with Gasteiger partial charge in [-0.3, -0.25) is 9.69 Å². The number of hydrogen-bond acceptors (Lipinski definition) is 7. The standard InChI is InChI=1S/C27H18ClNO5S3/c1-33-23-15-17(16-24-26(30)29(27(35)36-24)20-12-10-19(28)11-13-20)9-14-22(23)34-37(31,32)25-8-4-6-18-5-2-3-7-21(18)25/h2-16H,1H3/b24-16+. The molecule has 0 unspecified atom stereocenters. The summed E-state index contributed by atoms with van der Waals surface area (Å²) in [6, 6.07) is 23.7. The van der Waals surface area contributed by atoms with Gasteiger partial charge in [0, 0.05) is 10.4 Å². The van der Waals surface area contributed by atoms with E-state index in [-0.39, 0.29) is 22.3 Å². The number of methoxy groups -OCH3 is 1. The molecule has 186 valence electrons. The van der Waals surface area contributed by atoms with E-state index in [1.54, 1.807) is 60.7 Å². The third kappa shape index (κ3) is 5.08. The Hall–Kier alpha value is -3.37. The Labute approximate surface area is 228 Å². The second-order valence-electron chi connectivity index (χ2n) is 7.92.